The molecule has 0 radical (unpaired) electrons. The van der Waals surface area contributed by atoms with Gasteiger partial charge in [-0.3, -0.25) is 9.79 Å². The quantitative estimate of drug-likeness (QED) is 0.416. The fraction of sp³-hybridized carbons (Fsp3) is 0.231. The molecule has 2 aromatic carbocycles. The van der Waals surface area contributed by atoms with Crippen molar-refractivity contribution in [3.05, 3.63) is 70.7 Å². The molecule has 198 valence electrons. The van der Waals surface area contributed by atoms with Crippen LogP contribution in [0.2, 0.25) is 0 Å². The number of sulfonamides is 1. The van der Waals surface area contributed by atoms with E-state index in [1.807, 2.05) is 18.2 Å². The van der Waals surface area contributed by atoms with E-state index in [2.05, 4.69) is 15.3 Å². The molecule has 2 unspecified atom stereocenters. The zero-order valence-corrected chi connectivity index (χ0v) is 22.7. The summed E-state index contributed by atoms with van der Waals surface area (Å²) in [6.45, 7) is 3.43. The number of benzene rings is 2. The van der Waals surface area contributed by atoms with Gasteiger partial charge in [0.1, 0.15) is 5.92 Å². The van der Waals surface area contributed by atoms with Crippen LogP contribution in [-0.4, -0.2) is 45.3 Å². The molecule has 0 spiro atoms. The third kappa shape index (κ3) is 5.37. The van der Waals surface area contributed by atoms with Gasteiger partial charge in [-0.15, -0.1) is 11.3 Å². The van der Waals surface area contributed by atoms with Crippen molar-refractivity contribution in [2.45, 2.75) is 24.7 Å². The van der Waals surface area contributed by atoms with Gasteiger partial charge in [-0.2, -0.15) is 0 Å². The topological polar surface area (TPSA) is 150 Å². The van der Waals surface area contributed by atoms with E-state index in [-0.39, 0.29) is 10.5 Å². The van der Waals surface area contributed by atoms with Gasteiger partial charge in [-0.25, -0.2) is 23.3 Å². The number of anilines is 2. The number of carbonyl (C=O) groups excluding carboxylic acids is 2. The molecule has 3 N–H and O–H groups in total. The van der Waals surface area contributed by atoms with Crippen molar-refractivity contribution in [2.24, 2.45) is 16.0 Å². The fourth-order valence-electron chi connectivity index (χ4n) is 4.52. The van der Waals surface area contributed by atoms with Crippen molar-refractivity contribution < 1.29 is 27.5 Å². The minimum absolute atomic E-state index is 0.0143. The fourth-order valence-corrected chi connectivity index (χ4v) is 6.00. The number of thiazole rings is 1. The summed E-state index contributed by atoms with van der Waals surface area (Å²) in [5.74, 6) is -2.58. The zero-order valence-electron chi connectivity index (χ0n) is 21.1. The molecule has 38 heavy (non-hydrogen) atoms. The smallest absolute Gasteiger partial charge is 0.336 e. The summed E-state index contributed by atoms with van der Waals surface area (Å²) in [6.07, 6.45) is 0. The Morgan fingerprint density at radius 2 is 1.79 bits per heavy atom. The SMILES string of the molecule is COC(=O)C1=C(C)N=C(C)C(C(=O)OC)C1c1cccc(Nc2nc(-c3ccccc3S(N)(=O)=O)cs2)c1. The first kappa shape index (κ1) is 27.2. The van der Waals surface area contributed by atoms with Crippen LogP contribution in [0.1, 0.15) is 25.3 Å². The molecule has 3 aromatic rings. The third-order valence-corrected chi connectivity index (χ3v) is 7.89. The lowest BCUT2D eigenvalue weighted by molar-refractivity contribution is -0.143. The Kier molecular flexibility index (Phi) is 7.76. The minimum Gasteiger partial charge on any atom is -0.468 e. The van der Waals surface area contributed by atoms with Crippen LogP contribution in [0.25, 0.3) is 11.3 Å². The highest BCUT2D eigenvalue weighted by Gasteiger charge is 2.42. The van der Waals surface area contributed by atoms with E-state index in [0.717, 1.165) is 0 Å². The average Bonchev–Trinajstić information content (AvgIpc) is 3.35. The van der Waals surface area contributed by atoms with Crippen molar-refractivity contribution in [1.82, 2.24) is 4.98 Å². The van der Waals surface area contributed by atoms with Crippen molar-refractivity contribution in [3.63, 3.8) is 0 Å². The summed E-state index contributed by atoms with van der Waals surface area (Å²) in [5, 5.41) is 10.8. The lowest BCUT2D eigenvalue weighted by atomic mass is 9.75. The first-order valence-electron chi connectivity index (χ1n) is 11.4. The Morgan fingerprint density at radius 1 is 1.05 bits per heavy atom. The summed E-state index contributed by atoms with van der Waals surface area (Å²) in [4.78, 5) is 34.5. The Balaban J connectivity index is 1.71. The van der Waals surface area contributed by atoms with E-state index in [1.54, 1.807) is 43.5 Å². The summed E-state index contributed by atoms with van der Waals surface area (Å²) in [6, 6.07) is 13.6. The number of aromatic nitrogens is 1. The predicted octanol–water partition coefficient (Wildman–Crippen LogP) is 4.00. The van der Waals surface area contributed by atoms with E-state index < -0.39 is 33.8 Å². The molecule has 10 nitrogen and oxygen atoms in total. The molecule has 4 rings (SSSR count). The van der Waals surface area contributed by atoms with Crippen LogP contribution in [0.4, 0.5) is 10.8 Å². The second kappa shape index (κ2) is 10.9. The third-order valence-electron chi connectivity index (χ3n) is 6.16. The number of hydrogen-bond acceptors (Lipinski definition) is 10. The summed E-state index contributed by atoms with van der Waals surface area (Å²) in [5.41, 5.74) is 3.45. The number of allylic oxidation sites excluding steroid dienone is 1. The van der Waals surface area contributed by atoms with E-state index in [9.17, 15) is 18.0 Å². The molecule has 0 saturated carbocycles. The van der Waals surface area contributed by atoms with Gasteiger partial charge in [0, 0.05) is 34.0 Å². The number of nitrogens with zero attached hydrogens (tertiary/aromatic N) is 2. The maximum Gasteiger partial charge on any atom is 0.336 e. The maximum absolute atomic E-state index is 12.8. The largest absolute Gasteiger partial charge is 0.468 e. The molecule has 1 aromatic heterocycles. The van der Waals surface area contributed by atoms with Gasteiger partial charge >= 0.3 is 11.9 Å². The van der Waals surface area contributed by atoms with E-state index in [0.29, 0.717) is 39.0 Å². The van der Waals surface area contributed by atoms with Crippen molar-refractivity contribution in [2.75, 3.05) is 19.5 Å². The number of hydrogen-bond donors (Lipinski definition) is 2. The highest BCUT2D eigenvalue weighted by atomic mass is 32.2. The van der Waals surface area contributed by atoms with Gasteiger partial charge in [-0.05, 0) is 37.6 Å². The molecular weight excluding hydrogens is 528 g/mol. The van der Waals surface area contributed by atoms with E-state index in [4.69, 9.17) is 14.6 Å². The maximum atomic E-state index is 12.8. The first-order valence-corrected chi connectivity index (χ1v) is 13.8. The summed E-state index contributed by atoms with van der Waals surface area (Å²) < 4.78 is 34.1. The predicted molar refractivity (Wildman–Crippen MR) is 145 cm³/mol. The molecule has 0 aliphatic carbocycles. The van der Waals surface area contributed by atoms with E-state index in [1.165, 1.54) is 31.6 Å². The van der Waals surface area contributed by atoms with E-state index >= 15 is 0 Å². The Hall–Kier alpha value is -3.87. The number of carbonyl (C=O) groups is 2. The molecule has 0 amide bonds. The minimum atomic E-state index is -3.93. The van der Waals surface area contributed by atoms with Gasteiger partial charge in [0.25, 0.3) is 0 Å². The normalized spacial score (nSPS) is 17.6. The first-order chi connectivity index (χ1) is 18.0. The summed E-state index contributed by atoms with van der Waals surface area (Å²) in [7, 11) is -1.36. The Labute approximate surface area is 224 Å². The van der Waals surface area contributed by atoms with Crippen molar-refractivity contribution in [1.29, 1.82) is 0 Å². The lowest BCUT2D eigenvalue weighted by Crippen LogP contribution is -2.36. The molecule has 0 fully saturated rings. The molecule has 1 aliphatic heterocycles. The second-order valence-electron chi connectivity index (χ2n) is 8.55. The number of ether oxygens (including phenoxy) is 2. The van der Waals surface area contributed by atoms with Crippen LogP contribution in [0.15, 0.2) is 75.1 Å². The van der Waals surface area contributed by atoms with Crippen LogP contribution in [0.3, 0.4) is 0 Å². The number of rotatable bonds is 7. The highest BCUT2D eigenvalue weighted by Crippen LogP contribution is 2.41. The zero-order chi connectivity index (χ0) is 27.6. The summed E-state index contributed by atoms with van der Waals surface area (Å²) >= 11 is 1.28. The standard InChI is InChI=1S/C26H26N4O6S2/c1-14-21(24(31)35-3)23(22(15(2)28-14)25(32)36-4)16-8-7-9-17(12-16)29-26-30-19(13-37-26)18-10-5-6-11-20(18)38(27,33)34/h5-13,21,23H,1-4H3,(H,29,30)(H2,27,33,34). The number of nitrogens with one attached hydrogen (secondary N) is 1. The average molecular weight is 555 g/mol. The Morgan fingerprint density at radius 3 is 2.47 bits per heavy atom. The second-order valence-corrected chi connectivity index (χ2v) is 10.9. The molecule has 2 atom stereocenters. The van der Waals surface area contributed by atoms with Crippen LogP contribution in [0, 0.1) is 5.92 Å². The van der Waals surface area contributed by atoms with Crippen LogP contribution in [-0.2, 0) is 29.1 Å². The molecule has 1 aliphatic rings. The van der Waals surface area contributed by atoms with Gasteiger partial charge < -0.3 is 14.8 Å². The number of nitrogens with two attached hydrogens (primary N) is 1. The number of esters is 2. The number of methoxy groups -OCH3 is 2. The van der Waals surface area contributed by atoms with Crippen LogP contribution >= 0.6 is 11.3 Å². The molecule has 2 heterocycles. The Bertz CT molecular complexity index is 1580. The van der Waals surface area contributed by atoms with Gasteiger partial charge in [0.05, 0.1) is 30.4 Å². The van der Waals surface area contributed by atoms with Gasteiger partial charge in [0.2, 0.25) is 10.0 Å². The molecular formula is C26H26N4O6S2. The van der Waals surface area contributed by atoms with Crippen molar-refractivity contribution >= 4 is 49.8 Å². The lowest BCUT2D eigenvalue weighted by Gasteiger charge is -2.31. The highest BCUT2D eigenvalue weighted by molar-refractivity contribution is 7.89. The molecule has 12 heteroatoms. The van der Waals surface area contributed by atoms with Crippen LogP contribution in [0.5, 0.6) is 0 Å². The monoisotopic (exact) mass is 554 g/mol. The molecule has 0 saturated heterocycles. The van der Waals surface area contributed by atoms with Gasteiger partial charge in [0.15, 0.2) is 5.13 Å². The molecule has 0 bridgehead atoms. The van der Waals surface area contributed by atoms with Gasteiger partial charge in [-0.1, -0.05) is 30.3 Å². The number of aliphatic imine (C=N–C) groups is 1. The van der Waals surface area contributed by atoms with Crippen LogP contribution < -0.4 is 10.5 Å². The number of primary sulfonamides is 1. The van der Waals surface area contributed by atoms with Crippen molar-refractivity contribution in [3.8, 4) is 11.3 Å².